The van der Waals surface area contributed by atoms with Gasteiger partial charge < -0.3 is 9.47 Å². The van der Waals surface area contributed by atoms with Gasteiger partial charge in [-0.05, 0) is 77.9 Å². The average Bonchev–Trinajstić information content (AvgIpc) is 2.96. The van der Waals surface area contributed by atoms with E-state index in [0.29, 0.717) is 28.7 Å². The van der Waals surface area contributed by atoms with Crippen LogP contribution >= 0.6 is 23.2 Å². The van der Waals surface area contributed by atoms with Crippen LogP contribution in [0.4, 0.5) is 5.69 Å². The zero-order valence-electron chi connectivity index (χ0n) is 21.3. The highest BCUT2D eigenvalue weighted by molar-refractivity contribution is 7.92. The zero-order chi connectivity index (χ0) is 28.5. The summed E-state index contributed by atoms with van der Waals surface area (Å²) in [7, 11) is -2.64. The highest BCUT2D eigenvalue weighted by atomic mass is 35.5. The third kappa shape index (κ3) is 7.53. The third-order valence-electron chi connectivity index (χ3n) is 5.62. The number of anilines is 1. The molecular formula is C29H25Cl2N3O5S. The number of rotatable bonds is 11. The molecule has 4 aromatic carbocycles. The van der Waals surface area contributed by atoms with Gasteiger partial charge in [-0.15, -0.1) is 0 Å². The second kappa shape index (κ2) is 13.3. The fourth-order valence-electron chi connectivity index (χ4n) is 3.63. The lowest BCUT2D eigenvalue weighted by molar-refractivity contribution is -0.119. The lowest BCUT2D eigenvalue weighted by Gasteiger charge is -2.24. The number of sulfonamides is 1. The van der Waals surface area contributed by atoms with E-state index in [1.54, 1.807) is 48.5 Å². The van der Waals surface area contributed by atoms with Crippen LogP contribution in [0.5, 0.6) is 11.5 Å². The van der Waals surface area contributed by atoms with E-state index in [4.69, 9.17) is 32.7 Å². The predicted molar refractivity (Wildman–Crippen MR) is 157 cm³/mol. The number of hydrazone groups is 1. The monoisotopic (exact) mass is 597 g/mol. The summed E-state index contributed by atoms with van der Waals surface area (Å²) in [6.07, 6.45) is 1.44. The first-order valence-electron chi connectivity index (χ1n) is 12.0. The van der Waals surface area contributed by atoms with Crippen molar-refractivity contribution in [3.8, 4) is 11.5 Å². The Kier molecular flexibility index (Phi) is 9.65. The largest absolute Gasteiger partial charge is 0.495 e. The van der Waals surface area contributed by atoms with Gasteiger partial charge in [0.1, 0.15) is 24.7 Å². The molecule has 1 N–H and O–H groups in total. The maximum atomic E-state index is 13.4. The standard InChI is InChI=1S/C29H25Cl2N3O5S/c1-38-28-15-12-24(17-27(28)31)34(40(36,37)26-8-3-2-4-9-26)19-29(35)33-32-18-21-10-13-25(14-11-21)39-20-22-6-5-7-23(30)16-22/h2-18H,19-20H2,1H3,(H,33,35)/b32-18-. The number of methoxy groups -OCH3 is 1. The summed E-state index contributed by atoms with van der Waals surface area (Å²) in [5.41, 5.74) is 4.22. The van der Waals surface area contributed by atoms with Gasteiger partial charge in [0, 0.05) is 5.02 Å². The Labute approximate surface area is 242 Å². The second-order valence-corrected chi connectivity index (χ2v) is 11.1. The SMILES string of the molecule is COc1ccc(N(CC(=O)N/N=C\c2ccc(OCc3cccc(Cl)c3)cc2)S(=O)(=O)c2ccccc2)cc1Cl. The van der Waals surface area contributed by atoms with Crippen LogP contribution < -0.4 is 19.2 Å². The van der Waals surface area contributed by atoms with E-state index in [1.165, 1.54) is 43.7 Å². The Bertz CT molecular complexity index is 1600. The number of hydrogen-bond donors (Lipinski definition) is 1. The lowest BCUT2D eigenvalue weighted by atomic mass is 10.2. The molecule has 0 saturated heterocycles. The highest BCUT2D eigenvalue weighted by Crippen LogP contribution is 2.31. The summed E-state index contributed by atoms with van der Waals surface area (Å²) >= 11 is 12.2. The third-order valence-corrected chi connectivity index (χ3v) is 7.94. The van der Waals surface area contributed by atoms with Gasteiger partial charge in [0.25, 0.3) is 15.9 Å². The van der Waals surface area contributed by atoms with Crippen molar-refractivity contribution in [3.05, 3.63) is 118 Å². The molecule has 4 aromatic rings. The van der Waals surface area contributed by atoms with Gasteiger partial charge in [-0.3, -0.25) is 9.10 Å². The van der Waals surface area contributed by atoms with Gasteiger partial charge >= 0.3 is 0 Å². The summed E-state index contributed by atoms with van der Waals surface area (Å²) in [5.74, 6) is 0.377. The molecule has 11 heteroatoms. The van der Waals surface area contributed by atoms with Gasteiger partial charge in [-0.1, -0.05) is 53.5 Å². The Balaban J connectivity index is 1.42. The number of nitrogens with one attached hydrogen (secondary N) is 1. The average molecular weight is 599 g/mol. The molecule has 0 fully saturated rings. The summed E-state index contributed by atoms with van der Waals surface area (Å²) in [6.45, 7) is -0.167. The molecule has 4 rings (SSSR count). The Morgan fingerprint density at radius 3 is 2.38 bits per heavy atom. The number of nitrogens with zero attached hydrogens (tertiary/aromatic N) is 2. The van der Waals surface area contributed by atoms with Crippen LogP contribution in [0.1, 0.15) is 11.1 Å². The van der Waals surface area contributed by atoms with Crippen molar-refractivity contribution in [1.29, 1.82) is 0 Å². The highest BCUT2D eigenvalue weighted by Gasteiger charge is 2.27. The molecule has 0 aliphatic rings. The topological polar surface area (TPSA) is 97.3 Å². The van der Waals surface area contributed by atoms with Crippen molar-refractivity contribution in [2.75, 3.05) is 18.0 Å². The normalized spacial score (nSPS) is 11.3. The molecule has 0 atom stereocenters. The van der Waals surface area contributed by atoms with Crippen LogP contribution in [0, 0.1) is 0 Å². The van der Waals surface area contributed by atoms with Gasteiger partial charge in [-0.2, -0.15) is 5.10 Å². The summed E-state index contributed by atoms with van der Waals surface area (Å²) in [5, 5.41) is 4.82. The van der Waals surface area contributed by atoms with Crippen LogP contribution in [-0.4, -0.2) is 34.2 Å². The number of carbonyl (C=O) groups excluding carboxylic acids is 1. The number of benzene rings is 4. The van der Waals surface area contributed by atoms with E-state index in [1.807, 2.05) is 18.2 Å². The Hall–Kier alpha value is -4.05. The number of carbonyl (C=O) groups is 1. The van der Waals surface area contributed by atoms with Crippen molar-refractivity contribution < 1.29 is 22.7 Å². The van der Waals surface area contributed by atoms with E-state index in [-0.39, 0.29) is 15.6 Å². The molecule has 8 nitrogen and oxygen atoms in total. The molecule has 0 aliphatic heterocycles. The van der Waals surface area contributed by atoms with Crippen LogP contribution in [-0.2, 0) is 21.4 Å². The van der Waals surface area contributed by atoms with E-state index >= 15 is 0 Å². The molecule has 0 saturated carbocycles. The first kappa shape index (κ1) is 28.9. The molecule has 0 bridgehead atoms. The molecule has 1 amide bonds. The van der Waals surface area contributed by atoms with Crippen LogP contribution in [0.15, 0.2) is 107 Å². The van der Waals surface area contributed by atoms with Crippen molar-refractivity contribution in [2.45, 2.75) is 11.5 Å². The summed E-state index contributed by atoms with van der Waals surface area (Å²) < 4.78 is 38.8. The first-order chi connectivity index (χ1) is 19.3. The zero-order valence-corrected chi connectivity index (χ0v) is 23.7. The van der Waals surface area contributed by atoms with E-state index in [0.717, 1.165) is 9.87 Å². The quantitative estimate of drug-likeness (QED) is 0.171. The Morgan fingerprint density at radius 1 is 0.950 bits per heavy atom. The number of amides is 1. The van der Waals surface area contributed by atoms with E-state index in [9.17, 15) is 13.2 Å². The summed E-state index contributed by atoms with van der Waals surface area (Å²) in [4.78, 5) is 12.8. The van der Waals surface area contributed by atoms with Gasteiger partial charge in [0.05, 0.1) is 28.9 Å². The van der Waals surface area contributed by atoms with Gasteiger partial charge in [0.2, 0.25) is 0 Å². The summed E-state index contributed by atoms with van der Waals surface area (Å²) in [6, 6.07) is 26.8. The van der Waals surface area contributed by atoms with Gasteiger partial charge in [0.15, 0.2) is 0 Å². The predicted octanol–water partition coefficient (Wildman–Crippen LogP) is 5.93. The maximum absolute atomic E-state index is 13.4. The smallest absolute Gasteiger partial charge is 0.264 e. The first-order valence-corrected chi connectivity index (χ1v) is 14.2. The lowest BCUT2D eigenvalue weighted by Crippen LogP contribution is -2.39. The molecule has 206 valence electrons. The fraction of sp³-hybridized carbons (Fsp3) is 0.103. The maximum Gasteiger partial charge on any atom is 0.264 e. The molecular weight excluding hydrogens is 573 g/mol. The Morgan fingerprint density at radius 2 is 1.70 bits per heavy atom. The van der Waals surface area contributed by atoms with Crippen molar-refractivity contribution in [1.82, 2.24) is 5.43 Å². The molecule has 0 radical (unpaired) electrons. The van der Waals surface area contributed by atoms with Crippen molar-refractivity contribution in [2.24, 2.45) is 5.10 Å². The number of ether oxygens (including phenoxy) is 2. The van der Waals surface area contributed by atoms with Gasteiger partial charge in [-0.25, -0.2) is 13.8 Å². The van der Waals surface area contributed by atoms with E-state index in [2.05, 4.69) is 10.5 Å². The van der Waals surface area contributed by atoms with Crippen molar-refractivity contribution in [3.63, 3.8) is 0 Å². The van der Waals surface area contributed by atoms with Crippen molar-refractivity contribution >= 4 is 51.0 Å². The molecule has 0 heterocycles. The van der Waals surface area contributed by atoms with Crippen LogP contribution in [0.2, 0.25) is 10.0 Å². The number of hydrogen-bond acceptors (Lipinski definition) is 6. The molecule has 40 heavy (non-hydrogen) atoms. The fourth-order valence-corrected chi connectivity index (χ4v) is 5.53. The minimum Gasteiger partial charge on any atom is -0.495 e. The van der Waals surface area contributed by atoms with Crippen LogP contribution in [0.25, 0.3) is 0 Å². The van der Waals surface area contributed by atoms with Crippen LogP contribution in [0.3, 0.4) is 0 Å². The minimum absolute atomic E-state index is 0.0240. The number of halogens is 2. The molecule has 0 spiro atoms. The second-order valence-electron chi connectivity index (χ2n) is 8.42. The molecule has 0 unspecified atom stereocenters. The minimum atomic E-state index is -4.10. The van der Waals surface area contributed by atoms with E-state index < -0.39 is 22.5 Å². The molecule has 0 aromatic heterocycles. The molecule has 0 aliphatic carbocycles.